The molecule has 1 aliphatic heterocycles. The minimum absolute atomic E-state index is 0.0983. The van der Waals surface area contributed by atoms with E-state index in [0.717, 1.165) is 4.57 Å². The number of hydrogen-bond acceptors (Lipinski definition) is 5. The van der Waals surface area contributed by atoms with E-state index in [4.69, 9.17) is 9.47 Å². The lowest BCUT2D eigenvalue weighted by Gasteiger charge is -2.25. The molecule has 0 amide bonds. The van der Waals surface area contributed by atoms with E-state index in [9.17, 15) is 9.59 Å². The first-order valence-electron chi connectivity index (χ1n) is 8.43. The number of nitrogens with zero attached hydrogens (tertiary/aromatic N) is 2. The van der Waals surface area contributed by atoms with Crippen LogP contribution in [-0.2, 0) is 9.47 Å². The second kappa shape index (κ2) is 6.99. The van der Waals surface area contributed by atoms with Crippen LogP contribution in [0.4, 0.5) is 4.39 Å². The van der Waals surface area contributed by atoms with Gasteiger partial charge in [0.25, 0.3) is 0 Å². The molecule has 0 aliphatic carbocycles. The molecule has 1 aliphatic rings. The minimum Gasteiger partial charge on any atom is -0.459 e. The summed E-state index contributed by atoms with van der Waals surface area (Å²) in [6.45, 7) is 4.64. The number of carbonyl (C=O) groups excluding carboxylic acids is 1. The Morgan fingerprint density at radius 2 is 2.04 bits per heavy atom. The molecular formula is C19H21FN2O4. The van der Waals surface area contributed by atoms with E-state index in [-0.39, 0.29) is 6.61 Å². The number of esters is 1. The number of ether oxygens (including phenoxy) is 2. The molecule has 3 rings (SSSR count). The Morgan fingerprint density at radius 1 is 1.35 bits per heavy atom. The average Bonchev–Trinajstić information content (AvgIpc) is 2.84. The Balaban J connectivity index is 1.74. The molecule has 0 unspecified atom stereocenters. The smallest absolute Gasteiger partial charge is 0.349 e. The van der Waals surface area contributed by atoms with E-state index >= 15 is 4.39 Å². The summed E-state index contributed by atoms with van der Waals surface area (Å²) in [6, 6.07) is 10.2. The van der Waals surface area contributed by atoms with E-state index in [1.165, 1.54) is 13.1 Å². The van der Waals surface area contributed by atoms with Gasteiger partial charge in [-0.05, 0) is 32.0 Å². The van der Waals surface area contributed by atoms with Crippen molar-refractivity contribution >= 4 is 5.97 Å². The number of carbonyl (C=O) groups is 1. The van der Waals surface area contributed by atoms with Crippen molar-refractivity contribution < 1.29 is 18.7 Å². The standard InChI is InChI=1S/C19H21FN2O4/c1-12-9-10-22(18(24)21-12)17-19(3,20)13(2)15(26-17)11-25-16(23)14-7-5-4-6-8-14/h4-10,13,15,17H,11H2,1-3H3/t13-,15-,17-,19-/m1/s1. The van der Waals surface area contributed by atoms with E-state index in [1.807, 2.05) is 0 Å². The van der Waals surface area contributed by atoms with Crippen LogP contribution in [0.15, 0.2) is 47.4 Å². The molecule has 0 saturated carbocycles. The number of aryl methyl sites for hydroxylation is 1. The third-order valence-corrected chi connectivity index (χ3v) is 4.84. The maximum atomic E-state index is 15.3. The molecule has 6 nitrogen and oxygen atoms in total. The molecule has 26 heavy (non-hydrogen) atoms. The van der Waals surface area contributed by atoms with Crippen molar-refractivity contribution in [2.75, 3.05) is 6.61 Å². The summed E-state index contributed by atoms with van der Waals surface area (Å²) in [4.78, 5) is 28.0. The lowest BCUT2D eigenvalue weighted by molar-refractivity contribution is -0.0643. The third-order valence-electron chi connectivity index (χ3n) is 4.84. The normalized spacial score (nSPS) is 28.1. The summed E-state index contributed by atoms with van der Waals surface area (Å²) in [5.41, 5.74) is -1.43. The van der Waals surface area contributed by atoms with Crippen LogP contribution in [0.1, 0.15) is 36.1 Å². The Morgan fingerprint density at radius 3 is 2.69 bits per heavy atom. The Bertz CT molecular complexity index is 850. The lowest BCUT2D eigenvalue weighted by Crippen LogP contribution is -2.38. The molecule has 2 heterocycles. The number of benzene rings is 1. The fourth-order valence-electron chi connectivity index (χ4n) is 3.02. The predicted molar refractivity (Wildman–Crippen MR) is 92.5 cm³/mol. The fraction of sp³-hybridized carbons (Fsp3) is 0.421. The summed E-state index contributed by atoms with van der Waals surface area (Å²) in [5, 5.41) is 0. The minimum atomic E-state index is -1.81. The van der Waals surface area contributed by atoms with Gasteiger partial charge in [0, 0.05) is 17.8 Å². The average molecular weight is 360 g/mol. The quantitative estimate of drug-likeness (QED) is 0.784. The SMILES string of the molecule is Cc1ccn([C@@H]2O[C@H](COC(=O)c3ccccc3)[C@@H](C)[C@@]2(C)F)c(=O)n1. The Labute approximate surface area is 150 Å². The lowest BCUT2D eigenvalue weighted by atomic mass is 9.90. The largest absolute Gasteiger partial charge is 0.459 e. The third kappa shape index (κ3) is 3.39. The predicted octanol–water partition coefficient (Wildman–Crippen LogP) is 2.67. The number of halogens is 1. The van der Waals surface area contributed by atoms with Crippen LogP contribution >= 0.6 is 0 Å². The zero-order chi connectivity index (χ0) is 18.9. The molecule has 1 fully saturated rings. The van der Waals surface area contributed by atoms with Crippen molar-refractivity contribution in [3.05, 3.63) is 64.3 Å². The highest BCUT2D eigenvalue weighted by atomic mass is 19.1. The highest BCUT2D eigenvalue weighted by Crippen LogP contribution is 2.44. The first-order chi connectivity index (χ1) is 12.3. The molecule has 1 aromatic carbocycles. The summed E-state index contributed by atoms with van der Waals surface area (Å²) in [6.07, 6.45) is -0.326. The number of alkyl halides is 1. The van der Waals surface area contributed by atoms with Gasteiger partial charge in [0.1, 0.15) is 12.7 Å². The number of aromatic nitrogens is 2. The molecule has 0 bridgehead atoms. The van der Waals surface area contributed by atoms with Crippen molar-refractivity contribution in [1.29, 1.82) is 0 Å². The zero-order valence-electron chi connectivity index (χ0n) is 14.9. The molecule has 2 aromatic rings. The van der Waals surface area contributed by atoms with Gasteiger partial charge in [-0.3, -0.25) is 4.57 Å². The van der Waals surface area contributed by atoms with Gasteiger partial charge in [-0.2, -0.15) is 4.98 Å². The van der Waals surface area contributed by atoms with Gasteiger partial charge in [0.2, 0.25) is 0 Å². The molecule has 4 atom stereocenters. The van der Waals surface area contributed by atoms with Crippen LogP contribution in [0.25, 0.3) is 0 Å². The molecule has 1 saturated heterocycles. The molecule has 7 heteroatoms. The maximum Gasteiger partial charge on any atom is 0.349 e. The van der Waals surface area contributed by atoms with Crippen LogP contribution in [-0.4, -0.2) is 33.9 Å². The molecular weight excluding hydrogens is 339 g/mol. The Hall–Kier alpha value is -2.54. The van der Waals surface area contributed by atoms with Crippen LogP contribution in [0.2, 0.25) is 0 Å². The van der Waals surface area contributed by atoms with Gasteiger partial charge in [0.15, 0.2) is 11.9 Å². The van der Waals surface area contributed by atoms with Gasteiger partial charge in [0.05, 0.1) is 5.56 Å². The van der Waals surface area contributed by atoms with E-state index in [2.05, 4.69) is 4.98 Å². The van der Waals surface area contributed by atoms with Crippen LogP contribution in [0, 0.1) is 12.8 Å². The van der Waals surface area contributed by atoms with Crippen LogP contribution in [0.5, 0.6) is 0 Å². The zero-order valence-corrected chi connectivity index (χ0v) is 14.9. The van der Waals surface area contributed by atoms with E-state index in [1.54, 1.807) is 50.2 Å². The van der Waals surface area contributed by atoms with Crippen molar-refractivity contribution in [2.24, 2.45) is 5.92 Å². The highest BCUT2D eigenvalue weighted by molar-refractivity contribution is 5.89. The van der Waals surface area contributed by atoms with Crippen molar-refractivity contribution in [2.45, 2.75) is 38.8 Å². The molecule has 0 radical (unpaired) electrons. The summed E-state index contributed by atoms with van der Waals surface area (Å²) >= 11 is 0. The Kier molecular flexibility index (Phi) is 4.91. The fourth-order valence-corrected chi connectivity index (χ4v) is 3.02. The monoisotopic (exact) mass is 360 g/mol. The van der Waals surface area contributed by atoms with E-state index < -0.39 is 35.6 Å². The van der Waals surface area contributed by atoms with Gasteiger partial charge in [-0.15, -0.1) is 0 Å². The summed E-state index contributed by atoms with van der Waals surface area (Å²) < 4.78 is 27.4. The topological polar surface area (TPSA) is 70.4 Å². The van der Waals surface area contributed by atoms with Gasteiger partial charge < -0.3 is 9.47 Å². The van der Waals surface area contributed by atoms with Crippen molar-refractivity contribution in [3.8, 4) is 0 Å². The van der Waals surface area contributed by atoms with Crippen LogP contribution in [0.3, 0.4) is 0 Å². The van der Waals surface area contributed by atoms with Crippen molar-refractivity contribution in [1.82, 2.24) is 9.55 Å². The summed E-state index contributed by atoms with van der Waals surface area (Å²) in [7, 11) is 0. The molecule has 0 spiro atoms. The second-order valence-corrected chi connectivity index (χ2v) is 6.69. The molecule has 1 aromatic heterocycles. The van der Waals surface area contributed by atoms with Crippen molar-refractivity contribution in [3.63, 3.8) is 0 Å². The van der Waals surface area contributed by atoms with Gasteiger partial charge >= 0.3 is 11.7 Å². The highest BCUT2D eigenvalue weighted by Gasteiger charge is 2.53. The molecule has 138 valence electrons. The van der Waals surface area contributed by atoms with Gasteiger partial charge in [-0.1, -0.05) is 25.1 Å². The summed E-state index contributed by atoms with van der Waals surface area (Å²) in [5.74, 6) is -1.08. The van der Waals surface area contributed by atoms with E-state index in [0.29, 0.717) is 11.3 Å². The number of rotatable bonds is 4. The number of hydrogen-bond donors (Lipinski definition) is 0. The first-order valence-corrected chi connectivity index (χ1v) is 8.43. The van der Waals surface area contributed by atoms with Crippen LogP contribution < -0.4 is 5.69 Å². The second-order valence-electron chi connectivity index (χ2n) is 6.69. The van der Waals surface area contributed by atoms with Gasteiger partial charge in [-0.25, -0.2) is 14.0 Å². The first kappa shape index (κ1) is 18.3. The molecule has 0 N–H and O–H groups in total. The maximum absolute atomic E-state index is 15.3.